The number of benzene rings is 1. The van der Waals surface area contributed by atoms with Crippen LogP contribution in [0.15, 0.2) is 18.2 Å². The van der Waals surface area contributed by atoms with E-state index in [-0.39, 0.29) is 18.3 Å². The average molecular weight is 355 g/mol. The maximum atomic E-state index is 13.1. The molecule has 1 aliphatic heterocycles. The third-order valence-corrected chi connectivity index (χ3v) is 6.35. The summed E-state index contributed by atoms with van der Waals surface area (Å²) < 4.78 is 0. The number of fused-ring (bicyclic) bond motifs is 3. The van der Waals surface area contributed by atoms with Crippen molar-refractivity contribution in [2.75, 3.05) is 11.4 Å². The molecule has 0 radical (unpaired) electrons. The molecule has 2 N–H and O–H groups in total. The summed E-state index contributed by atoms with van der Waals surface area (Å²) in [5.74, 6) is 1.54. The molecule has 23 heavy (non-hydrogen) atoms. The zero-order valence-electron chi connectivity index (χ0n) is 13.2. The van der Waals surface area contributed by atoms with Gasteiger partial charge in [-0.05, 0) is 61.6 Å². The zero-order chi connectivity index (χ0) is 15.3. The molecule has 0 spiro atoms. The predicted octanol–water partition coefficient (Wildman–Crippen LogP) is 3.80. The first-order valence-corrected chi connectivity index (χ1v) is 8.87. The lowest BCUT2D eigenvalue weighted by molar-refractivity contribution is -0.125. The summed E-state index contributed by atoms with van der Waals surface area (Å²) in [7, 11) is 0. The van der Waals surface area contributed by atoms with E-state index in [0.717, 1.165) is 42.1 Å². The Balaban J connectivity index is 0.00000156. The Morgan fingerprint density at radius 2 is 1.91 bits per heavy atom. The maximum absolute atomic E-state index is 13.1. The van der Waals surface area contributed by atoms with E-state index in [1.807, 2.05) is 23.1 Å². The first kappa shape index (κ1) is 17.1. The molecule has 5 heteroatoms. The minimum Gasteiger partial charge on any atom is -0.327 e. The molecule has 2 atom stereocenters. The smallest absolute Gasteiger partial charge is 0.230 e. The Morgan fingerprint density at radius 3 is 2.61 bits per heavy atom. The molecule has 0 saturated heterocycles. The number of halogens is 2. The van der Waals surface area contributed by atoms with Crippen LogP contribution in [-0.2, 0) is 11.2 Å². The third kappa shape index (κ3) is 2.88. The summed E-state index contributed by atoms with van der Waals surface area (Å²) in [4.78, 5) is 15.0. The third-order valence-electron chi connectivity index (χ3n) is 6.00. The Morgan fingerprint density at radius 1 is 1.22 bits per heavy atom. The number of anilines is 1. The van der Waals surface area contributed by atoms with E-state index in [2.05, 4.69) is 0 Å². The van der Waals surface area contributed by atoms with Gasteiger partial charge in [-0.15, -0.1) is 12.4 Å². The van der Waals surface area contributed by atoms with E-state index in [1.54, 1.807) is 0 Å². The zero-order valence-corrected chi connectivity index (χ0v) is 14.8. The molecule has 1 aromatic rings. The molecule has 2 bridgehead atoms. The lowest BCUT2D eigenvalue weighted by Crippen LogP contribution is -2.49. The maximum Gasteiger partial charge on any atom is 0.230 e. The molecule has 0 aromatic heterocycles. The normalized spacial score (nSPS) is 32.2. The summed E-state index contributed by atoms with van der Waals surface area (Å²) in [5.41, 5.74) is 8.51. The van der Waals surface area contributed by atoms with Gasteiger partial charge < -0.3 is 10.6 Å². The van der Waals surface area contributed by atoms with Gasteiger partial charge in [0.1, 0.15) is 0 Å². The van der Waals surface area contributed by atoms with Crippen LogP contribution in [0.3, 0.4) is 0 Å². The van der Waals surface area contributed by atoms with Crippen molar-refractivity contribution in [3.8, 4) is 0 Å². The lowest BCUT2D eigenvalue weighted by Gasteiger charge is -2.44. The van der Waals surface area contributed by atoms with Crippen molar-refractivity contribution < 1.29 is 4.79 Å². The largest absolute Gasteiger partial charge is 0.327 e. The molecule has 2 aliphatic carbocycles. The van der Waals surface area contributed by atoms with Crippen LogP contribution in [0.1, 0.15) is 37.7 Å². The van der Waals surface area contributed by atoms with Gasteiger partial charge in [0.25, 0.3) is 0 Å². The minimum atomic E-state index is 0. The Hall–Kier alpha value is -0.770. The summed E-state index contributed by atoms with van der Waals surface area (Å²) in [6, 6.07) is 6.20. The number of carbonyl (C=O) groups is 1. The van der Waals surface area contributed by atoms with Crippen molar-refractivity contribution in [1.29, 1.82) is 0 Å². The number of nitrogens with two attached hydrogens (primary N) is 1. The van der Waals surface area contributed by atoms with Gasteiger partial charge >= 0.3 is 0 Å². The molecule has 126 valence electrons. The van der Waals surface area contributed by atoms with Crippen LogP contribution in [0.4, 0.5) is 5.69 Å². The van der Waals surface area contributed by atoms with Gasteiger partial charge in [0.05, 0.1) is 0 Å². The SMILES string of the molecule is Cl.NC1C2CCCC1CC(C(=O)N1CCc3c(Cl)cccc31)C2. The molecule has 1 amide bonds. The second kappa shape index (κ2) is 6.62. The van der Waals surface area contributed by atoms with E-state index in [9.17, 15) is 4.79 Å². The summed E-state index contributed by atoms with van der Waals surface area (Å²) in [5, 5.41) is 0.787. The number of hydrogen-bond donors (Lipinski definition) is 1. The van der Waals surface area contributed by atoms with Crippen molar-refractivity contribution in [2.45, 2.75) is 44.6 Å². The topological polar surface area (TPSA) is 46.3 Å². The molecular weight excluding hydrogens is 331 g/mol. The van der Waals surface area contributed by atoms with Crippen LogP contribution < -0.4 is 10.6 Å². The van der Waals surface area contributed by atoms with Crippen molar-refractivity contribution in [2.24, 2.45) is 23.5 Å². The molecule has 4 rings (SSSR count). The Bertz CT molecular complexity index is 593. The average Bonchev–Trinajstić information content (AvgIpc) is 2.91. The van der Waals surface area contributed by atoms with Crippen LogP contribution in [0.5, 0.6) is 0 Å². The van der Waals surface area contributed by atoms with Crippen LogP contribution in [0.2, 0.25) is 5.02 Å². The predicted molar refractivity (Wildman–Crippen MR) is 96.3 cm³/mol. The first-order chi connectivity index (χ1) is 10.6. The number of amides is 1. The highest BCUT2D eigenvalue weighted by Gasteiger charge is 2.42. The fourth-order valence-corrected chi connectivity index (χ4v) is 5.10. The van der Waals surface area contributed by atoms with Gasteiger partial charge in [0, 0.05) is 29.2 Å². The molecule has 2 saturated carbocycles. The van der Waals surface area contributed by atoms with Crippen molar-refractivity contribution in [3.63, 3.8) is 0 Å². The van der Waals surface area contributed by atoms with Crippen molar-refractivity contribution in [1.82, 2.24) is 0 Å². The first-order valence-electron chi connectivity index (χ1n) is 8.49. The number of carbonyl (C=O) groups excluding carboxylic acids is 1. The second-order valence-corrected chi connectivity index (χ2v) is 7.58. The van der Waals surface area contributed by atoms with Gasteiger partial charge in [-0.1, -0.05) is 24.1 Å². The number of rotatable bonds is 1. The van der Waals surface area contributed by atoms with E-state index in [0.29, 0.717) is 23.8 Å². The molecule has 3 nitrogen and oxygen atoms in total. The monoisotopic (exact) mass is 354 g/mol. The van der Waals surface area contributed by atoms with E-state index in [4.69, 9.17) is 17.3 Å². The van der Waals surface area contributed by atoms with Gasteiger partial charge in [-0.25, -0.2) is 0 Å². The van der Waals surface area contributed by atoms with E-state index in [1.165, 1.54) is 19.3 Å². The Labute approximate surface area is 149 Å². The van der Waals surface area contributed by atoms with Crippen molar-refractivity contribution in [3.05, 3.63) is 28.8 Å². The van der Waals surface area contributed by atoms with Gasteiger partial charge in [-0.3, -0.25) is 4.79 Å². The summed E-state index contributed by atoms with van der Waals surface area (Å²) >= 11 is 6.27. The van der Waals surface area contributed by atoms with Gasteiger partial charge in [0.15, 0.2) is 0 Å². The van der Waals surface area contributed by atoms with Crippen LogP contribution in [0.25, 0.3) is 0 Å². The second-order valence-electron chi connectivity index (χ2n) is 7.17. The summed E-state index contributed by atoms with van der Waals surface area (Å²) in [6.45, 7) is 0.774. The van der Waals surface area contributed by atoms with Crippen LogP contribution in [-0.4, -0.2) is 18.5 Å². The van der Waals surface area contributed by atoms with Crippen LogP contribution >= 0.6 is 24.0 Å². The fourth-order valence-electron chi connectivity index (χ4n) is 4.83. The fraction of sp³-hybridized carbons (Fsp3) is 0.611. The van der Waals surface area contributed by atoms with Crippen molar-refractivity contribution >= 4 is 35.6 Å². The van der Waals surface area contributed by atoms with Gasteiger partial charge in [0.2, 0.25) is 5.91 Å². The highest BCUT2D eigenvalue weighted by molar-refractivity contribution is 6.32. The molecule has 2 fully saturated rings. The lowest BCUT2D eigenvalue weighted by atomic mass is 9.65. The number of nitrogens with zero attached hydrogens (tertiary/aromatic N) is 1. The van der Waals surface area contributed by atoms with E-state index >= 15 is 0 Å². The summed E-state index contributed by atoms with van der Waals surface area (Å²) in [6.07, 6.45) is 6.51. The highest BCUT2D eigenvalue weighted by atomic mass is 35.5. The molecule has 1 aromatic carbocycles. The van der Waals surface area contributed by atoms with Crippen LogP contribution in [0, 0.1) is 17.8 Å². The molecule has 3 aliphatic rings. The highest BCUT2D eigenvalue weighted by Crippen LogP contribution is 2.43. The van der Waals surface area contributed by atoms with Gasteiger partial charge in [-0.2, -0.15) is 0 Å². The molecule has 1 heterocycles. The minimum absolute atomic E-state index is 0. The Kier molecular flexibility index (Phi) is 4.91. The standard InChI is InChI=1S/C18H23ClN2O.ClH/c19-15-5-2-6-16-14(15)7-8-21(16)18(22)13-9-11-3-1-4-12(10-13)17(11)20;/h2,5-6,11-13,17H,1,3-4,7-10,20H2;1H. The quantitative estimate of drug-likeness (QED) is 0.833. The molecular formula is C18H24Cl2N2O. The number of hydrogen-bond acceptors (Lipinski definition) is 2. The van der Waals surface area contributed by atoms with E-state index < -0.39 is 0 Å². The molecule has 2 unspecified atom stereocenters.